The highest BCUT2D eigenvalue weighted by molar-refractivity contribution is 5.62. The number of aromatic nitrogens is 3. The van der Waals surface area contributed by atoms with Crippen LogP contribution in [0.1, 0.15) is 44.1 Å². The molecule has 2 N–H and O–H groups in total. The number of halogens is 3. The molecule has 3 rings (SSSR count). The van der Waals surface area contributed by atoms with Crippen molar-refractivity contribution < 1.29 is 13.2 Å². The van der Waals surface area contributed by atoms with E-state index in [4.69, 9.17) is 5.73 Å². The van der Waals surface area contributed by atoms with E-state index in [1.165, 1.54) is 11.8 Å². The smallest absolute Gasteiger partial charge is 0.383 e. The van der Waals surface area contributed by atoms with Gasteiger partial charge in [0.1, 0.15) is 11.6 Å². The molecule has 0 spiro atoms. The van der Waals surface area contributed by atoms with Gasteiger partial charge >= 0.3 is 6.18 Å². The van der Waals surface area contributed by atoms with Crippen LogP contribution < -0.4 is 5.73 Å². The Labute approximate surface area is 138 Å². The van der Waals surface area contributed by atoms with Crippen LogP contribution in [-0.2, 0) is 12.6 Å². The number of rotatable bonds is 4. The number of nitrogens with zero attached hydrogens (tertiary/aromatic N) is 3. The molecule has 0 amide bonds. The molecule has 0 aromatic carbocycles. The first-order valence-corrected chi connectivity index (χ1v) is 7.88. The number of aryl methyl sites for hydroxylation is 1. The second kappa shape index (κ2) is 5.96. The quantitative estimate of drug-likeness (QED) is 0.843. The number of anilines is 1. The van der Waals surface area contributed by atoms with Gasteiger partial charge in [0.05, 0.1) is 17.3 Å². The molecule has 0 saturated carbocycles. The Kier molecular flexibility index (Phi) is 4.11. The third kappa shape index (κ3) is 2.90. The fourth-order valence-electron chi connectivity index (χ4n) is 2.88. The van der Waals surface area contributed by atoms with Gasteiger partial charge in [0.15, 0.2) is 0 Å². The standard InChI is InChI=1S/C17H19F3N4/c1-3-4-15-23-13(9-24(15)14-6-5-10(14)2)11-7-12(17(18,19)20)16(21)22-8-11/h5,7-9,14H,3-4,6H2,1-2H3,(H2,21,22). The molecule has 1 unspecified atom stereocenters. The van der Waals surface area contributed by atoms with E-state index in [9.17, 15) is 13.2 Å². The Hall–Kier alpha value is -2.31. The zero-order chi connectivity index (χ0) is 17.5. The number of nitrogen functional groups attached to an aromatic ring is 1. The number of pyridine rings is 1. The van der Waals surface area contributed by atoms with Gasteiger partial charge in [0, 0.05) is 24.4 Å². The summed E-state index contributed by atoms with van der Waals surface area (Å²) in [5, 5.41) is 0. The predicted molar refractivity (Wildman–Crippen MR) is 86.3 cm³/mol. The number of imidazole rings is 1. The molecular weight excluding hydrogens is 317 g/mol. The molecule has 2 heterocycles. The molecule has 0 aliphatic heterocycles. The van der Waals surface area contributed by atoms with Gasteiger partial charge in [-0.15, -0.1) is 0 Å². The summed E-state index contributed by atoms with van der Waals surface area (Å²) >= 11 is 0. The largest absolute Gasteiger partial charge is 0.419 e. The van der Waals surface area contributed by atoms with Crippen LogP contribution in [0.4, 0.5) is 19.0 Å². The Balaban J connectivity index is 2.04. The SMILES string of the molecule is CCCc1nc(-c2cnc(N)c(C(F)(F)F)c2)cn1C1CC=C1C. The molecule has 0 fully saturated rings. The molecule has 0 bridgehead atoms. The van der Waals surface area contributed by atoms with Gasteiger partial charge in [0.2, 0.25) is 0 Å². The zero-order valence-electron chi connectivity index (χ0n) is 13.6. The van der Waals surface area contributed by atoms with Crippen molar-refractivity contribution in [2.24, 2.45) is 0 Å². The fraction of sp³-hybridized carbons (Fsp3) is 0.412. The summed E-state index contributed by atoms with van der Waals surface area (Å²) in [4.78, 5) is 8.25. The highest BCUT2D eigenvalue weighted by atomic mass is 19.4. The van der Waals surface area contributed by atoms with Gasteiger partial charge in [-0.05, 0) is 25.8 Å². The number of allylic oxidation sites excluding steroid dienone is 2. The molecule has 7 heteroatoms. The van der Waals surface area contributed by atoms with Crippen LogP contribution in [0.25, 0.3) is 11.3 Å². The van der Waals surface area contributed by atoms with E-state index >= 15 is 0 Å². The van der Waals surface area contributed by atoms with Gasteiger partial charge in [0.25, 0.3) is 0 Å². The molecule has 2 aromatic rings. The molecule has 1 aliphatic carbocycles. The van der Waals surface area contributed by atoms with E-state index < -0.39 is 17.6 Å². The van der Waals surface area contributed by atoms with E-state index in [0.717, 1.165) is 31.2 Å². The van der Waals surface area contributed by atoms with E-state index in [0.29, 0.717) is 11.3 Å². The third-order valence-corrected chi connectivity index (χ3v) is 4.33. The van der Waals surface area contributed by atoms with Gasteiger partial charge < -0.3 is 10.3 Å². The highest BCUT2D eigenvalue weighted by Crippen LogP contribution is 2.37. The van der Waals surface area contributed by atoms with Crippen molar-refractivity contribution in [3.63, 3.8) is 0 Å². The normalized spacial score (nSPS) is 17.5. The van der Waals surface area contributed by atoms with Crippen molar-refractivity contribution in [2.45, 2.75) is 45.3 Å². The fourth-order valence-corrected chi connectivity index (χ4v) is 2.88. The molecule has 128 valence electrons. The Morgan fingerprint density at radius 3 is 2.67 bits per heavy atom. The summed E-state index contributed by atoms with van der Waals surface area (Å²) in [5.41, 5.74) is 6.52. The monoisotopic (exact) mass is 336 g/mol. The Morgan fingerprint density at radius 1 is 1.38 bits per heavy atom. The number of hydrogen-bond donors (Lipinski definition) is 1. The first-order chi connectivity index (χ1) is 11.3. The van der Waals surface area contributed by atoms with Gasteiger partial charge in [-0.3, -0.25) is 0 Å². The van der Waals surface area contributed by atoms with Crippen molar-refractivity contribution in [2.75, 3.05) is 5.73 Å². The molecule has 0 radical (unpaired) electrons. The number of alkyl halides is 3. The van der Waals surface area contributed by atoms with Crippen LogP contribution in [0, 0.1) is 0 Å². The van der Waals surface area contributed by atoms with Crippen molar-refractivity contribution >= 4 is 5.82 Å². The lowest BCUT2D eigenvalue weighted by Crippen LogP contribution is -2.17. The lowest BCUT2D eigenvalue weighted by Gasteiger charge is -2.27. The lowest BCUT2D eigenvalue weighted by atomic mass is 9.93. The maximum Gasteiger partial charge on any atom is 0.419 e. The van der Waals surface area contributed by atoms with Crippen LogP contribution in [0.5, 0.6) is 0 Å². The Bertz CT molecular complexity index is 790. The van der Waals surface area contributed by atoms with Gasteiger partial charge in [-0.25, -0.2) is 9.97 Å². The minimum absolute atomic E-state index is 0.247. The predicted octanol–water partition coefficient (Wildman–Crippen LogP) is 4.39. The Morgan fingerprint density at radius 2 is 2.12 bits per heavy atom. The zero-order valence-corrected chi connectivity index (χ0v) is 13.6. The average molecular weight is 336 g/mol. The van der Waals surface area contributed by atoms with Crippen molar-refractivity contribution in [1.82, 2.24) is 14.5 Å². The molecule has 1 aliphatic rings. The third-order valence-electron chi connectivity index (χ3n) is 4.33. The maximum absolute atomic E-state index is 13.0. The minimum Gasteiger partial charge on any atom is -0.383 e. The van der Waals surface area contributed by atoms with Crippen molar-refractivity contribution in [3.8, 4) is 11.3 Å². The topological polar surface area (TPSA) is 56.7 Å². The van der Waals surface area contributed by atoms with Crippen molar-refractivity contribution in [3.05, 3.63) is 41.5 Å². The summed E-state index contributed by atoms with van der Waals surface area (Å²) in [5.74, 6) is 0.368. The molecule has 1 atom stereocenters. The van der Waals surface area contributed by atoms with Crippen LogP contribution >= 0.6 is 0 Å². The average Bonchev–Trinajstić information content (AvgIpc) is 2.89. The summed E-state index contributed by atoms with van der Waals surface area (Å²) < 4.78 is 41.2. The van der Waals surface area contributed by atoms with E-state index in [2.05, 4.69) is 34.5 Å². The second-order valence-electron chi connectivity index (χ2n) is 6.05. The summed E-state index contributed by atoms with van der Waals surface area (Å²) in [6.45, 7) is 4.10. The summed E-state index contributed by atoms with van der Waals surface area (Å²) in [7, 11) is 0. The van der Waals surface area contributed by atoms with Crippen LogP contribution in [0.2, 0.25) is 0 Å². The summed E-state index contributed by atoms with van der Waals surface area (Å²) in [6.07, 6.45) is 3.39. The number of hydrogen-bond acceptors (Lipinski definition) is 3. The first-order valence-electron chi connectivity index (χ1n) is 7.88. The second-order valence-corrected chi connectivity index (χ2v) is 6.05. The highest BCUT2D eigenvalue weighted by Gasteiger charge is 2.34. The molecule has 4 nitrogen and oxygen atoms in total. The first kappa shape index (κ1) is 16.5. The van der Waals surface area contributed by atoms with Crippen LogP contribution in [-0.4, -0.2) is 14.5 Å². The molecular formula is C17H19F3N4. The maximum atomic E-state index is 13.0. The van der Waals surface area contributed by atoms with E-state index in [-0.39, 0.29) is 6.04 Å². The van der Waals surface area contributed by atoms with Crippen LogP contribution in [0.15, 0.2) is 30.1 Å². The van der Waals surface area contributed by atoms with Crippen molar-refractivity contribution in [1.29, 1.82) is 0 Å². The lowest BCUT2D eigenvalue weighted by molar-refractivity contribution is -0.137. The molecule has 24 heavy (non-hydrogen) atoms. The summed E-state index contributed by atoms with van der Waals surface area (Å²) in [6, 6.07) is 1.27. The molecule has 2 aromatic heterocycles. The minimum atomic E-state index is -4.53. The number of nitrogens with two attached hydrogens (primary N) is 1. The van der Waals surface area contributed by atoms with E-state index in [1.807, 2.05) is 6.20 Å². The van der Waals surface area contributed by atoms with Gasteiger partial charge in [-0.2, -0.15) is 13.2 Å². The van der Waals surface area contributed by atoms with Gasteiger partial charge in [-0.1, -0.05) is 18.6 Å². The van der Waals surface area contributed by atoms with E-state index in [1.54, 1.807) is 0 Å². The van der Waals surface area contributed by atoms with Crippen LogP contribution in [0.3, 0.4) is 0 Å². The molecule has 0 saturated heterocycles.